The number of pyridine rings is 1. The zero-order valence-electron chi connectivity index (χ0n) is 9.69. The molecule has 2 heteroatoms. The molecule has 2 nitrogen and oxygen atoms in total. The Labute approximate surface area is 96.5 Å². The van der Waals surface area contributed by atoms with Gasteiger partial charge in [-0.25, -0.2) is 0 Å². The van der Waals surface area contributed by atoms with Crippen molar-refractivity contribution in [1.29, 1.82) is 0 Å². The number of para-hydroxylation sites is 1. The van der Waals surface area contributed by atoms with E-state index in [1.165, 1.54) is 10.9 Å². The van der Waals surface area contributed by atoms with Crippen LogP contribution in [0.2, 0.25) is 0 Å². The molecular weight excluding hydrogens is 196 g/mol. The summed E-state index contributed by atoms with van der Waals surface area (Å²) in [5.74, 6) is 0.635. The lowest BCUT2D eigenvalue weighted by Gasteiger charge is -2.11. The van der Waals surface area contributed by atoms with E-state index < -0.39 is 0 Å². The second-order valence-corrected chi connectivity index (χ2v) is 4.37. The lowest BCUT2D eigenvalue weighted by atomic mass is 9.96. The summed E-state index contributed by atoms with van der Waals surface area (Å²) < 4.78 is 0. The summed E-state index contributed by atoms with van der Waals surface area (Å²) in [6, 6.07) is 10.4. The number of benzene rings is 1. The van der Waals surface area contributed by atoms with Gasteiger partial charge in [0.2, 0.25) is 0 Å². The molecule has 2 rings (SSSR count). The Hall–Kier alpha value is -1.41. The van der Waals surface area contributed by atoms with Gasteiger partial charge in [0.15, 0.2) is 0 Å². The Morgan fingerprint density at radius 2 is 2.06 bits per heavy atom. The highest BCUT2D eigenvalue weighted by Gasteiger charge is 2.06. The lowest BCUT2D eigenvalue weighted by molar-refractivity contribution is 0.540. The van der Waals surface area contributed by atoms with E-state index in [1.807, 2.05) is 12.3 Å². The first-order valence-corrected chi connectivity index (χ1v) is 5.84. The van der Waals surface area contributed by atoms with Gasteiger partial charge >= 0.3 is 0 Å². The molecule has 1 heterocycles. The summed E-state index contributed by atoms with van der Waals surface area (Å²) in [6.45, 7) is 3.02. The number of nitrogens with two attached hydrogens (primary N) is 1. The minimum Gasteiger partial charge on any atom is -0.330 e. The molecule has 0 saturated heterocycles. The van der Waals surface area contributed by atoms with Crippen molar-refractivity contribution in [3.63, 3.8) is 0 Å². The summed E-state index contributed by atoms with van der Waals surface area (Å²) in [6.07, 6.45) is 4.06. The van der Waals surface area contributed by atoms with Gasteiger partial charge in [-0.2, -0.15) is 0 Å². The Morgan fingerprint density at radius 3 is 2.88 bits per heavy atom. The summed E-state index contributed by atoms with van der Waals surface area (Å²) in [5.41, 5.74) is 8.05. The molecule has 1 aromatic carbocycles. The van der Waals surface area contributed by atoms with E-state index >= 15 is 0 Å². The van der Waals surface area contributed by atoms with Crippen LogP contribution in [-0.4, -0.2) is 11.5 Å². The van der Waals surface area contributed by atoms with Gasteiger partial charge in [-0.15, -0.1) is 0 Å². The first-order valence-electron chi connectivity index (χ1n) is 5.84. The topological polar surface area (TPSA) is 38.9 Å². The van der Waals surface area contributed by atoms with Gasteiger partial charge < -0.3 is 5.73 Å². The van der Waals surface area contributed by atoms with Crippen molar-refractivity contribution in [2.24, 2.45) is 11.7 Å². The van der Waals surface area contributed by atoms with E-state index in [9.17, 15) is 0 Å². The van der Waals surface area contributed by atoms with Gasteiger partial charge in [0.05, 0.1) is 5.52 Å². The van der Waals surface area contributed by atoms with E-state index in [2.05, 4.69) is 36.2 Å². The Bertz CT molecular complexity index is 460. The van der Waals surface area contributed by atoms with Crippen LogP contribution in [0.25, 0.3) is 10.9 Å². The Balaban J connectivity index is 2.30. The van der Waals surface area contributed by atoms with E-state index in [4.69, 9.17) is 5.73 Å². The fourth-order valence-electron chi connectivity index (χ4n) is 2.10. The highest BCUT2D eigenvalue weighted by Crippen LogP contribution is 2.20. The van der Waals surface area contributed by atoms with Crippen LogP contribution in [0.3, 0.4) is 0 Å². The molecule has 0 bridgehead atoms. The highest BCUT2D eigenvalue weighted by atomic mass is 14.6. The maximum absolute atomic E-state index is 5.58. The molecular formula is C14H18N2. The molecule has 0 aliphatic carbocycles. The first kappa shape index (κ1) is 11.1. The molecule has 2 N–H and O–H groups in total. The third-order valence-corrected chi connectivity index (χ3v) is 2.97. The maximum atomic E-state index is 5.58. The molecule has 0 fully saturated rings. The summed E-state index contributed by atoms with van der Waals surface area (Å²) in [7, 11) is 0. The predicted molar refractivity (Wildman–Crippen MR) is 68.3 cm³/mol. The second kappa shape index (κ2) is 5.08. The van der Waals surface area contributed by atoms with Gasteiger partial charge in [0, 0.05) is 11.6 Å². The minimum atomic E-state index is 0.635. The fraction of sp³-hybridized carbons (Fsp3) is 0.357. The van der Waals surface area contributed by atoms with Gasteiger partial charge in [-0.3, -0.25) is 4.98 Å². The average molecular weight is 214 g/mol. The van der Waals surface area contributed by atoms with Crippen LogP contribution in [0.5, 0.6) is 0 Å². The second-order valence-electron chi connectivity index (χ2n) is 4.37. The molecule has 0 aliphatic rings. The molecule has 1 atom stereocenters. The van der Waals surface area contributed by atoms with Crippen LogP contribution >= 0.6 is 0 Å². The summed E-state index contributed by atoms with van der Waals surface area (Å²) in [4.78, 5) is 4.37. The lowest BCUT2D eigenvalue weighted by Crippen LogP contribution is -2.08. The molecule has 0 amide bonds. The number of fused-ring (bicyclic) bond motifs is 1. The van der Waals surface area contributed by atoms with Crippen molar-refractivity contribution in [1.82, 2.24) is 4.98 Å². The summed E-state index contributed by atoms with van der Waals surface area (Å²) in [5, 5.41) is 1.27. The smallest absolute Gasteiger partial charge is 0.0704 e. The standard InChI is InChI=1S/C14H18N2/c1-11(6-8-15)10-12-7-9-16-14-5-3-2-4-13(12)14/h2-5,7,9,11H,6,8,10,15H2,1H3. The number of aromatic nitrogens is 1. The van der Waals surface area contributed by atoms with Crippen molar-refractivity contribution in [2.45, 2.75) is 19.8 Å². The van der Waals surface area contributed by atoms with Crippen LogP contribution in [0.4, 0.5) is 0 Å². The third kappa shape index (κ3) is 2.39. The zero-order valence-corrected chi connectivity index (χ0v) is 9.69. The molecule has 0 radical (unpaired) electrons. The largest absolute Gasteiger partial charge is 0.330 e. The van der Waals surface area contributed by atoms with Crippen LogP contribution in [0.15, 0.2) is 36.5 Å². The maximum Gasteiger partial charge on any atom is 0.0704 e. The molecule has 0 spiro atoms. The number of nitrogens with zero attached hydrogens (tertiary/aromatic N) is 1. The van der Waals surface area contributed by atoms with Crippen molar-refractivity contribution < 1.29 is 0 Å². The molecule has 1 unspecified atom stereocenters. The third-order valence-electron chi connectivity index (χ3n) is 2.97. The molecule has 0 aliphatic heterocycles. The van der Waals surface area contributed by atoms with Gasteiger partial charge in [-0.05, 0) is 43.0 Å². The van der Waals surface area contributed by atoms with E-state index in [0.29, 0.717) is 5.92 Å². The van der Waals surface area contributed by atoms with Crippen molar-refractivity contribution in [3.05, 3.63) is 42.1 Å². The molecule has 2 aromatic rings. The SMILES string of the molecule is CC(CCN)Cc1ccnc2ccccc12. The molecule has 84 valence electrons. The Morgan fingerprint density at radius 1 is 1.25 bits per heavy atom. The van der Waals surface area contributed by atoms with Crippen molar-refractivity contribution >= 4 is 10.9 Å². The predicted octanol–water partition coefficient (Wildman–Crippen LogP) is 2.76. The fourth-order valence-corrected chi connectivity index (χ4v) is 2.10. The normalized spacial score (nSPS) is 12.9. The number of rotatable bonds is 4. The number of hydrogen-bond acceptors (Lipinski definition) is 2. The van der Waals surface area contributed by atoms with Gasteiger partial charge in [0.25, 0.3) is 0 Å². The Kier molecular flexibility index (Phi) is 3.52. The molecule has 16 heavy (non-hydrogen) atoms. The molecule has 0 saturated carbocycles. The van der Waals surface area contributed by atoms with Crippen LogP contribution in [0, 0.1) is 5.92 Å². The first-order chi connectivity index (χ1) is 7.81. The van der Waals surface area contributed by atoms with Crippen molar-refractivity contribution in [2.75, 3.05) is 6.54 Å². The van der Waals surface area contributed by atoms with E-state index in [-0.39, 0.29) is 0 Å². The van der Waals surface area contributed by atoms with Crippen LogP contribution in [-0.2, 0) is 6.42 Å². The quantitative estimate of drug-likeness (QED) is 0.850. The summed E-state index contributed by atoms with van der Waals surface area (Å²) >= 11 is 0. The zero-order chi connectivity index (χ0) is 11.4. The van der Waals surface area contributed by atoms with Gasteiger partial charge in [-0.1, -0.05) is 25.1 Å². The van der Waals surface area contributed by atoms with Crippen molar-refractivity contribution in [3.8, 4) is 0 Å². The van der Waals surface area contributed by atoms with E-state index in [0.717, 1.165) is 24.9 Å². The van der Waals surface area contributed by atoms with Crippen LogP contribution in [0.1, 0.15) is 18.9 Å². The minimum absolute atomic E-state index is 0.635. The highest BCUT2D eigenvalue weighted by molar-refractivity contribution is 5.81. The number of hydrogen-bond donors (Lipinski definition) is 1. The van der Waals surface area contributed by atoms with Crippen LogP contribution < -0.4 is 5.73 Å². The van der Waals surface area contributed by atoms with E-state index in [1.54, 1.807) is 0 Å². The monoisotopic (exact) mass is 214 g/mol. The molecule has 1 aromatic heterocycles. The average Bonchev–Trinajstić information content (AvgIpc) is 2.30. The van der Waals surface area contributed by atoms with Gasteiger partial charge in [0.1, 0.15) is 0 Å².